The summed E-state index contributed by atoms with van der Waals surface area (Å²) in [5.41, 5.74) is 0.143. The zero-order chi connectivity index (χ0) is 14.8. The molecular formula is C13H12BrF3N2S. The first-order valence-electron chi connectivity index (χ1n) is 5.85. The summed E-state index contributed by atoms with van der Waals surface area (Å²) in [5.74, 6) is 0. The van der Waals surface area contributed by atoms with E-state index in [1.165, 1.54) is 0 Å². The molecule has 0 radical (unpaired) electrons. The minimum Gasteiger partial charge on any atom is -0.315 e. The molecule has 108 valence electrons. The van der Waals surface area contributed by atoms with E-state index in [4.69, 9.17) is 0 Å². The Kier molecular flexibility index (Phi) is 4.82. The summed E-state index contributed by atoms with van der Waals surface area (Å²) >= 11 is 4.49. The fourth-order valence-electron chi connectivity index (χ4n) is 1.78. The summed E-state index contributed by atoms with van der Waals surface area (Å²) in [4.78, 5) is 3.99. The number of aromatic nitrogens is 1. The Morgan fingerprint density at radius 1 is 1.30 bits per heavy atom. The first-order chi connectivity index (χ1) is 9.41. The molecule has 0 aliphatic heterocycles. The van der Waals surface area contributed by atoms with E-state index < -0.39 is 11.9 Å². The van der Waals surface area contributed by atoms with Gasteiger partial charge in [0, 0.05) is 17.4 Å². The van der Waals surface area contributed by atoms with Crippen LogP contribution in [-0.2, 0) is 19.1 Å². The van der Waals surface area contributed by atoms with Gasteiger partial charge in [0.15, 0.2) is 5.69 Å². The van der Waals surface area contributed by atoms with Crippen molar-refractivity contribution in [2.75, 3.05) is 7.05 Å². The van der Waals surface area contributed by atoms with Crippen LogP contribution in [0.5, 0.6) is 0 Å². The molecule has 7 heteroatoms. The zero-order valence-electron chi connectivity index (χ0n) is 10.6. The van der Waals surface area contributed by atoms with Crippen molar-refractivity contribution in [3.63, 3.8) is 0 Å². The van der Waals surface area contributed by atoms with Gasteiger partial charge in [-0.1, -0.05) is 34.1 Å². The van der Waals surface area contributed by atoms with E-state index in [2.05, 4.69) is 26.2 Å². The lowest BCUT2D eigenvalue weighted by Gasteiger charge is -2.04. The molecule has 0 spiro atoms. The van der Waals surface area contributed by atoms with Crippen LogP contribution in [-0.4, -0.2) is 12.0 Å². The second-order valence-corrected chi connectivity index (χ2v) is 6.20. The summed E-state index contributed by atoms with van der Waals surface area (Å²) in [6.45, 7) is 0.169. The molecule has 0 bridgehead atoms. The molecule has 2 rings (SSSR count). The quantitative estimate of drug-likeness (QED) is 0.877. The van der Waals surface area contributed by atoms with E-state index in [-0.39, 0.29) is 11.4 Å². The normalized spacial score (nSPS) is 11.8. The van der Waals surface area contributed by atoms with Gasteiger partial charge in [0.1, 0.15) is 0 Å². The molecule has 0 saturated heterocycles. The Balaban J connectivity index is 2.32. The molecule has 2 aromatic rings. The number of halogens is 4. The average Bonchev–Trinajstić information content (AvgIpc) is 2.76. The number of nitrogens with zero attached hydrogens (tertiary/aromatic N) is 1. The number of benzene rings is 1. The molecule has 0 aliphatic rings. The van der Waals surface area contributed by atoms with Gasteiger partial charge in [0.05, 0.1) is 9.88 Å². The van der Waals surface area contributed by atoms with Gasteiger partial charge in [-0.05, 0) is 18.7 Å². The monoisotopic (exact) mass is 364 g/mol. The molecule has 1 aromatic heterocycles. The van der Waals surface area contributed by atoms with E-state index in [1.54, 1.807) is 7.05 Å². The minimum absolute atomic E-state index is 0.169. The third kappa shape index (κ3) is 3.59. The fraction of sp³-hybridized carbons (Fsp3) is 0.308. The Labute approximate surface area is 127 Å². The minimum atomic E-state index is -4.41. The third-order valence-electron chi connectivity index (χ3n) is 2.65. The van der Waals surface area contributed by atoms with Crippen LogP contribution in [0.4, 0.5) is 13.2 Å². The van der Waals surface area contributed by atoms with Crippen molar-refractivity contribution in [2.24, 2.45) is 0 Å². The van der Waals surface area contributed by atoms with Crippen molar-refractivity contribution < 1.29 is 13.2 Å². The van der Waals surface area contributed by atoms with Gasteiger partial charge in [0.25, 0.3) is 0 Å². The number of hydrogen-bond donors (Lipinski definition) is 1. The summed E-state index contributed by atoms with van der Waals surface area (Å²) in [6.07, 6.45) is -4.02. The first-order valence-corrected chi connectivity index (χ1v) is 7.46. The van der Waals surface area contributed by atoms with Crippen molar-refractivity contribution in [1.29, 1.82) is 0 Å². The van der Waals surface area contributed by atoms with E-state index in [1.807, 2.05) is 24.3 Å². The van der Waals surface area contributed by atoms with Gasteiger partial charge in [-0.15, -0.1) is 11.3 Å². The van der Waals surface area contributed by atoms with E-state index in [9.17, 15) is 13.2 Å². The first kappa shape index (κ1) is 15.5. The van der Waals surface area contributed by atoms with Gasteiger partial charge in [-0.3, -0.25) is 0 Å². The second-order valence-electron chi connectivity index (χ2n) is 4.18. The lowest BCUT2D eigenvalue weighted by molar-refractivity contribution is -0.141. The van der Waals surface area contributed by atoms with Crippen molar-refractivity contribution in [3.8, 4) is 0 Å². The lowest BCUT2D eigenvalue weighted by atomic mass is 10.2. The van der Waals surface area contributed by atoms with E-state index in [0.29, 0.717) is 11.4 Å². The summed E-state index contributed by atoms with van der Waals surface area (Å²) in [6, 6.07) is 7.45. The Morgan fingerprint density at radius 2 is 2.00 bits per heavy atom. The molecule has 1 heterocycles. The highest BCUT2D eigenvalue weighted by molar-refractivity contribution is 9.10. The summed E-state index contributed by atoms with van der Waals surface area (Å²) in [7, 11) is 1.62. The maximum Gasteiger partial charge on any atom is 0.434 e. The van der Waals surface area contributed by atoms with Gasteiger partial charge >= 0.3 is 6.18 Å². The highest BCUT2D eigenvalue weighted by Crippen LogP contribution is 2.35. The molecule has 1 aromatic carbocycles. The molecule has 0 fully saturated rings. The van der Waals surface area contributed by atoms with Crippen LogP contribution in [0.25, 0.3) is 0 Å². The maximum atomic E-state index is 12.9. The van der Waals surface area contributed by atoms with Gasteiger partial charge in [-0.2, -0.15) is 13.2 Å². The Bertz CT molecular complexity index is 596. The lowest BCUT2D eigenvalue weighted by Crippen LogP contribution is -2.12. The highest BCUT2D eigenvalue weighted by Gasteiger charge is 2.37. The van der Waals surface area contributed by atoms with Crippen molar-refractivity contribution in [1.82, 2.24) is 10.3 Å². The third-order valence-corrected chi connectivity index (χ3v) is 4.48. The number of rotatable bonds is 4. The summed E-state index contributed by atoms with van der Waals surface area (Å²) < 4.78 is 39.6. The molecular weight excluding hydrogens is 353 g/mol. The van der Waals surface area contributed by atoms with Crippen LogP contribution in [0, 0.1) is 0 Å². The highest BCUT2D eigenvalue weighted by atomic mass is 79.9. The molecule has 20 heavy (non-hydrogen) atoms. The fourth-order valence-corrected chi connectivity index (χ4v) is 3.33. The van der Waals surface area contributed by atoms with E-state index >= 15 is 0 Å². The molecule has 0 unspecified atom stereocenters. The van der Waals surface area contributed by atoms with Crippen molar-refractivity contribution >= 4 is 27.3 Å². The molecule has 0 atom stereocenters. The standard InChI is InChI=1S/C13H12BrF3N2S/c1-18-7-10-12(13(15,16)17)19-11(20-10)6-8-4-2-3-5-9(8)14/h2-5,18H,6-7H2,1H3. The number of hydrogen-bond acceptors (Lipinski definition) is 3. The predicted molar refractivity (Wildman–Crippen MR) is 76.8 cm³/mol. The van der Waals surface area contributed by atoms with Crippen LogP contribution in [0.3, 0.4) is 0 Å². The molecule has 2 nitrogen and oxygen atoms in total. The van der Waals surface area contributed by atoms with Gasteiger partial charge in [-0.25, -0.2) is 4.98 Å². The molecule has 0 amide bonds. The van der Waals surface area contributed by atoms with Gasteiger partial charge < -0.3 is 5.32 Å². The zero-order valence-corrected chi connectivity index (χ0v) is 13.0. The Hall–Kier alpha value is -0.920. The average molecular weight is 365 g/mol. The van der Waals surface area contributed by atoms with Crippen LogP contribution in [0.1, 0.15) is 21.1 Å². The Morgan fingerprint density at radius 3 is 2.60 bits per heavy atom. The predicted octanol–water partition coefficient (Wildman–Crippen LogP) is 4.23. The summed E-state index contributed by atoms with van der Waals surface area (Å²) in [5, 5.41) is 3.21. The largest absolute Gasteiger partial charge is 0.434 e. The van der Waals surface area contributed by atoms with Crippen LogP contribution in [0.2, 0.25) is 0 Å². The number of nitrogens with one attached hydrogen (secondary N) is 1. The van der Waals surface area contributed by atoms with Crippen LogP contribution >= 0.6 is 27.3 Å². The topological polar surface area (TPSA) is 24.9 Å². The SMILES string of the molecule is CNCc1sc(Cc2ccccc2Br)nc1C(F)(F)F. The van der Waals surface area contributed by atoms with Gasteiger partial charge in [0.2, 0.25) is 0 Å². The maximum absolute atomic E-state index is 12.9. The molecule has 0 saturated carbocycles. The van der Waals surface area contributed by atoms with E-state index in [0.717, 1.165) is 21.4 Å². The second kappa shape index (κ2) is 6.24. The van der Waals surface area contributed by atoms with Crippen molar-refractivity contribution in [3.05, 3.63) is 49.9 Å². The van der Waals surface area contributed by atoms with Crippen LogP contribution < -0.4 is 5.32 Å². The number of alkyl halides is 3. The van der Waals surface area contributed by atoms with Crippen LogP contribution in [0.15, 0.2) is 28.7 Å². The molecule has 1 N–H and O–H groups in total. The molecule has 0 aliphatic carbocycles. The van der Waals surface area contributed by atoms with Crippen molar-refractivity contribution in [2.45, 2.75) is 19.1 Å². The smallest absolute Gasteiger partial charge is 0.315 e. The number of thiazole rings is 1.